The minimum atomic E-state index is 0.530. The maximum absolute atomic E-state index is 8.22. The van der Waals surface area contributed by atoms with Crippen molar-refractivity contribution in [3.8, 4) is 5.75 Å². The van der Waals surface area contributed by atoms with Gasteiger partial charge in [0.2, 0.25) is 0 Å². The normalized spacial score (nSPS) is 9.15. The molecule has 0 amide bonds. The van der Waals surface area contributed by atoms with E-state index in [4.69, 9.17) is 10.3 Å². The molecule has 1 aromatic rings. The molecule has 6 heteroatoms. The largest absolute Gasteiger partial charge is 0.494 e. The fourth-order valence-electron chi connectivity index (χ4n) is 0.851. The molecule has 1 rings (SSSR count). The Kier molecular flexibility index (Phi) is 3.59. The molecule has 0 aliphatic heterocycles. The minimum absolute atomic E-state index is 0.530. The van der Waals surface area contributed by atoms with Gasteiger partial charge in [-0.3, -0.25) is 0 Å². The Morgan fingerprint density at radius 3 is 2.31 bits per heavy atom. The van der Waals surface area contributed by atoms with E-state index in [1.165, 1.54) is 0 Å². The molecule has 0 unspecified atom stereocenters. The summed E-state index contributed by atoms with van der Waals surface area (Å²) in [7, 11) is 1.57. The molecule has 0 N–H and O–H groups in total. The summed E-state index contributed by atoms with van der Waals surface area (Å²) in [6.07, 6.45) is 0. The first-order chi connectivity index (χ1) is 6.19. The van der Waals surface area contributed by atoms with E-state index in [1.54, 1.807) is 19.2 Å². The average molecular weight is 307 g/mol. The second kappa shape index (κ2) is 4.50. The summed E-state index contributed by atoms with van der Waals surface area (Å²) in [6, 6.07) is 3.37. The number of methoxy groups -OCH3 is 1. The molecule has 0 aromatic heterocycles. The van der Waals surface area contributed by atoms with Crippen molar-refractivity contribution in [2.24, 2.45) is 5.11 Å². The van der Waals surface area contributed by atoms with Gasteiger partial charge < -0.3 is 4.74 Å². The van der Waals surface area contributed by atoms with E-state index in [1.807, 2.05) is 0 Å². The molecule has 0 aliphatic rings. The van der Waals surface area contributed by atoms with Gasteiger partial charge in [0.25, 0.3) is 0 Å². The van der Waals surface area contributed by atoms with Crippen LogP contribution in [0.3, 0.4) is 0 Å². The Bertz CT molecular complexity index is 351. The van der Waals surface area contributed by atoms with E-state index < -0.39 is 0 Å². The molecular formula is C7H5Br2N3O. The van der Waals surface area contributed by atoms with Gasteiger partial charge in [0.15, 0.2) is 0 Å². The minimum Gasteiger partial charge on any atom is -0.494 e. The predicted octanol–water partition coefficient (Wildman–Crippen LogP) is 4.16. The fourth-order valence-corrected chi connectivity index (χ4v) is 2.34. The molecule has 0 saturated heterocycles. The van der Waals surface area contributed by atoms with Crippen molar-refractivity contribution in [3.05, 3.63) is 31.5 Å². The number of nitrogens with zero attached hydrogens (tertiary/aromatic N) is 3. The van der Waals surface area contributed by atoms with Crippen molar-refractivity contribution in [2.45, 2.75) is 0 Å². The van der Waals surface area contributed by atoms with Crippen LogP contribution in [0.1, 0.15) is 0 Å². The lowest BCUT2D eigenvalue weighted by molar-refractivity contribution is 0.409. The van der Waals surface area contributed by atoms with Crippen LogP contribution < -0.4 is 4.74 Å². The van der Waals surface area contributed by atoms with Crippen molar-refractivity contribution in [1.82, 2.24) is 0 Å². The van der Waals surface area contributed by atoms with Crippen LogP contribution >= 0.6 is 31.9 Å². The standard InChI is InChI=1S/C7H5Br2N3O/c1-13-7-5(8)2-4(11-12-10)3-6(7)9/h2-3H,1H3. The lowest BCUT2D eigenvalue weighted by atomic mass is 10.3. The molecule has 0 heterocycles. The monoisotopic (exact) mass is 305 g/mol. The quantitative estimate of drug-likeness (QED) is 0.460. The average Bonchev–Trinajstić information content (AvgIpc) is 2.04. The number of halogens is 2. The van der Waals surface area contributed by atoms with Gasteiger partial charge in [0.1, 0.15) is 5.75 Å². The first-order valence-corrected chi connectivity index (χ1v) is 4.85. The van der Waals surface area contributed by atoms with Crippen LogP contribution in [0.15, 0.2) is 26.2 Å². The summed E-state index contributed by atoms with van der Waals surface area (Å²) < 4.78 is 6.57. The van der Waals surface area contributed by atoms with Gasteiger partial charge in [0, 0.05) is 10.6 Å². The van der Waals surface area contributed by atoms with Crippen LogP contribution in [-0.2, 0) is 0 Å². The Morgan fingerprint density at radius 2 is 1.92 bits per heavy atom. The van der Waals surface area contributed by atoms with E-state index in [2.05, 4.69) is 41.9 Å². The van der Waals surface area contributed by atoms with Crippen LogP contribution in [0, 0.1) is 0 Å². The molecular weight excluding hydrogens is 302 g/mol. The number of benzene rings is 1. The van der Waals surface area contributed by atoms with E-state index in [0.717, 1.165) is 8.95 Å². The molecule has 0 fully saturated rings. The summed E-state index contributed by atoms with van der Waals surface area (Å²) in [6.45, 7) is 0. The van der Waals surface area contributed by atoms with E-state index in [9.17, 15) is 0 Å². The van der Waals surface area contributed by atoms with Gasteiger partial charge >= 0.3 is 0 Å². The van der Waals surface area contributed by atoms with Gasteiger partial charge in [-0.1, -0.05) is 5.11 Å². The Balaban J connectivity index is 3.27. The van der Waals surface area contributed by atoms with E-state index in [0.29, 0.717) is 11.4 Å². The molecule has 68 valence electrons. The number of hydrogen-bond acceptors (Lipinski definition) is 2. The van der Waals surface area contributed by atoms with Crippen molar-refractivity contribution in [2.75, 3.05) is 7.11 Å². The number of ether oxygens (including phenoxy) is 1. The molecule has 1 aromatic carbocycles. The van der Waals surface area contributed by atoms with Gasteiger partial charge in [-0.05, 0) is 49.5 Å². The highest BCUT2D eigenvalue weighted by Gasteiger charge is 2.06. The van der Waals surface area contributed by atoms with Crippen LogP contribution in [0.5, 0.6) is 5.75 Å². The van der Waals surface area contributed by atoms with Gasteiger partial charge in [0.05, 0.1) is 16.1 Å². The van der Waals surface area contributed by atoms with Crippen molar-refractivity contribution in [3.63, 3.8) is 0 Å². The third-order valence-electron chi connectivity index (χ3n) is 1.35. The number of hydrogen-bond donors (Lipinski definition) is 0. The second-order valence-electron chi connectivity index (χ2n) is 2.13. The highest BCUT2D eigenvalue weighted by molar-refractivity contribution is 9.11. The molecule has 0 radical (unpaired) electrons. The third-order valence-corrected chi connectivity index (χ3v) is 2.53. The zero-order valence-corrected chi connectivity index (χ0v) is 9.83. The topological polar surface area (TPSA) is 58.0 Å². The number of azide groups is 1. The third kappa shape index (κ3) is 2.37. The first kappa shape index (κ1) is 10.4. The summed E-state index contributed by atoms with van der Waals surface area (Å²) in [5.74, 6) is 0.678. The lowest BCUT2D eigenvalue weighted by Crippen LogP contribution is -1.85. The van der Waals surface area contributed by atoms with Crippen molar-refractivity contribution < 1.29 is 4.74 Å². The second-order valence-corrected chi connectivity index (χ2v) is 3.84. The van der Waals surface area contributed by atoms with Crippen LogP contribution in [0.2, 0.25) is 0 Å². The van der Waals surface area contributed by atoms with Gasteiger partial charge in [-0.25, -0.2) is 0 Å². The molecule has 4 nitrogen and oxygen atoms in total. The van der Waals surface area contributed by atoms with Crippen LogP contribution in [-0.4, -0.2) is 7.11 Å². The van der Waals surface area contributed by atoms with Crippen LogP contribution in [0.4, 0.5) is 5.69 Å². The zero-order chi connectivity index (χ0) is 9.84. The van der Waals surface area contributed by atoms with E-state index in [-0.39, 0.29) is 0 Å². The SMILES string of the molecule is COc1c(Br)cc(N=[N+]=[N-])cc1Br. The van der Waals surface area contributed by atoms with Crippen LogP contribution in [0.25, 0.3) is 10.4 Å². The molecule has 0 atom stereocenters. The molecule has 0 bridgehead atoms. The molecule has 0 spiro atoms. The Labute approximate surface area is 91.8 Å². The summed E-state index contributed by atoms with van der Waals surface area (Å²) in [5.41, 5.74) is 8.75. The maximum atomic E-state index is 8.22. The van der Waals surface area contributed by atoms with Crippen molar-refractivity contribution in [1.29, 1.82) is 0 Å². The first-order valence-electron chi connectivity index (χ1n) is 3.27. The highest BCUT2D eigenvalue weighted by atomic mass is 79.9. The fraction of sp³-hybridized carbons (Fsp3) is 0.143. The highest BCUT2D eigenvalue weighted by Crippen LogP contribution is 2.36. The number of rotatable bonds is 2. The smallest absolute Gasteiger partial charge is 0.147 e. The maximum Gasteiger partial charge on any atom is 0.147 e. The summed E-state index contributed by atoms with van der Waals surface area (Å²) in [5, 5.41) is 3.47. The van der Waals surface area contributed by atoms with Gasteiger partial charge in [-0.15, -0.1) is 0 Å². The zero-order valence-electron chi connectivity index (χ0n) is 6.66. The Morgan fingerprint density at radius 1 is 1.38 bits per heavy atom. The van der Waals surface area contributed by atoms with Gasteiger partial charge in [-0.2, -0.15) is 0 Å². The van der Waals surface area contributed by atoms with Crippen molar-refractivity contribution >= 4 is 37.5 Å². The summed E-state index contributed by atoms with van der Waals surface area (Å²) in [4.78, 5) is 2.69. The molecule has 0 aliphatic carbocycles. The Hall–Kier alpha value is -0.710. The molecule has 13 heavy (non-hydrogen) atoms. The lowest BCUT2D eigenvalue weighted by Gasteiger charge is -2.05. The predicted molar refractivity (Wildman–Crippen MR) is 57.2 cm³/mol. The summed E-state index contributed by atoms with van der Waals surface area (Å²) >= 11 is 6.58. The van der Waals surface area contributed by atoms with E-state index >= 15 is 0 Å². The molecule has 0 saturated carbocycles.